The Morgan fingerprint density at radius 2 is 1.88 bits per heavy atom. The van der Waals surface area contributed by atoms with Crippen molar-refractivity contribution in [2.24, 2.45) is 17.8 Å². The van der Waals surface area contributed by atoms with Crippen molar-refractivity contribution in [1.82, 2.24) is 15.4 Å². The maximum Gasteiger partial charge on any atom is 0.389 e. The second-order valence-electron chi connectivity index (χ2n) is 8.52. The monoisotopic (exact) mass is 474 g/mol. The molecule has 1 aromatic heterocycles. The third-order valence-corrected chi connectivity index (χ3v) is 5.41. The molecule has 186 valence electrons. The molecular weight excluding hydrogens is 441 g/mol. The first-order valence-electron chi connectivity index (χ1n) is 10.9. The number of nitrogens with one attached hydrogen (secondary N) is 2. The summed E-state index contributed by atoms with van der Waals surface area (Å²) in [6.45, 7) is 7.12. The molecule has 3 amide bonds. The Balaban J connectivity index is 3.15. The third-order valence-electron chi connectivity index (χ3n) is 5.41. The molecule has 0 aliphatic rings. The summed E-state index contributed by atoms with van der Waals surface area (Å²) in [7, 11) is 0. The van der Waals surface area contributed by atoms with Crippen LogP contribution in [0.25, 0.3) is 0 Å². The molecule has 4 atom stereocenters. The molecule has 8 nitrogen and oxygen atoms in total. The topological polar surface area (TPSA) is 112 Å². The molecule has 3 N–H and O–H groups in total. The van der Waals surface area contributed by atoms with Crippen molar-refractivity contribution < 1.29 is 32.8 Å². The van der Waals surface area contributed by atoms with Gasteiger partial charge in [-0.05, 0) is 36.8 Å². The van der Waals surface area contributed by atoms with Crippen LogP contribution < -0.4 is 10.6 Å². The molecule has 1 aromatic rings. The number of pyridine rings is 1. The smallest absolute Gasteiger partial charge is 0.344 e. The fourth-order valence-electron chi connectivity index (χ4n) is 3.46. The molecule has 0 saturated heterocycles. The van der Waals surface area contributed by atoms with Gasteiger partial charge in [0.05, 0.1) is 12.0 Å². The number of carbonyl (C=O) groups is 3. The van der Waals surface area contributed by atoms with E-state index in [4.69, 9.17) is 0 Å². The van der Waals surface area contributed by atoms with Crippen LogP contribution in [0.4, 0.5) is 19.0 Å². The minimum absolute atomic E-state index is 0.0123. The van der Waals surface area contributed by atoms with E-state index in [0.29, 0.717) is 6.42 Å². The highest BCUT2D eigenvalue weighted by Gasteiger charge is 2.38. The Bertz CT molecular complexity index is 762. The molecule has 33 heavy (non-hydrogen) atoms. The van der Waals surface area contributed by atoms with Gasteiger partial charge in [-0.1, -0.05) is 40.2 Å². The molecule has 0 radical (unpaired) electrons. The number of amides is 3. The number of hydrogen-bond donors (Lipinski definition) is 3. The number of aromatic nitrogens is 1. The summed E-state index contributed by atoms with van der Waals surface area (Å²) in [5.74, 6) is -2.53. The van der Waals surface area contributed by atoms with E-state index < -0.39 is 48.8 Å². The van der Waals surface area contributed by atoms with Crippen molar-refractivity contribution in [3.8, 4) is 0 Å². The Morgan fingerprint density at radius 3 is 2.36 bits per heavy atom. The van der Waals surface area contributed by atoms with Gasteiger partial charge >= 0.3 is 6.18 Å². The molecular formula is C22H33F3N4O4. The van der Waals surface area contributed by atoms with Crippen LogP contribution in [0, 0.1) is 17.8 Å². The molecule has 0 spiro atoms. The molecule has 1 heterocycles. The average Bonchev–Trinajstić information content (AvgIpc) is 2.75. The average molecular weight is 475 g/mol. The molecule has 11 heteroatoms. The van der Waals surface area contributed by atoms with Crippen molar-refractivity contribution in [2.75, 3.05) is 5.32 Å². The molecule has 0 aliphatic heterocycles. The van der Waals surface area contributed by atoms with Crippen molar-refractivity contribution in [3.05, 3.63) is 24.4 Å². The molecule has 0 saturated carbocycles. The second-order valence-corrected chi connectivity index (χ2v) is 8.52. The number of rotatable bonds is 13. The lowest BCUT2D eigenvalue weighted by Crippen LogP contribution is -2.53. The minimum atomic E-state index is -4.53. The Kier molecular flexibility index (Phi) is 11.3. The van der Waals surface area contributed by atoms with Gasteiger partial charge in [0, 0.05) is 12.6 Å². The van der Waals surface area contributed by atoms with Crippen molar-refractivity contribution in [2.45, 2.75) is 71.6 Å². The van der Waals surface area contributed by atoms with Gasteiger partial charge in [-0.3, -0.25) is 19.6 Å². The fraction of sp³-hybridized carbons (Fsp3) is 0.636. The Morgan fingerprint density at radius 1 is 1.21 bits per heavy atom. The second kappa shape index (κ2) is 13.1. The van der Waals surface area contributed by atoms with E-state index in [2.05, 4.69) is 15.6 Å². The van der Waals surface area contributed by atoms with Gasteiger partial charge in [-0.2, -0.15) is 13.2 Å². The molecule has 1 rings (SSSR count). The fourth-order valence-corrected chi connectivity index (χ4v) is 3.46. The molecule has 0 aromatic carbocycles. The highest BCUT2D eigenvalue weighted by molar-refractivity contribution is 5.97. The number of nitrogens with zero attached hydrogens (tertiary/aromatic N) is 2. The zero-order chi connectivity index (χ0) is 25.2. The van der Waals surface area contributed by atoms with Gasteiger partial charge in [-0.25, -0.2) is 10.0 Å². The number of carbonyl (C=O) groups excluding carboxylic acids is 3. The van der Waals surface area contributed by atoms with E-state index in [1.165, 1.54) is 6.20 Å². The van der Waals surface area contributed by atoms with Gasteiger partial charge < -0.3 is 10.6 Å². The Labute approximate surface area is 191 Å². The summed E-state index contributed by atoms with van der Waals surface area (Å²) in [5, 5.41) is 15.3. The standard InChI is InChI=1S/C22H33F3N4O4/c1-5-15(4)19(21(32)27-18-8-6-7-11-26-18)28-20(31)16(12-14(2)3)17(29(33)13-30)9-10-22(23,24)25/h6-8,11,13-17,19,33H,5,9-10,12H2,1-4H3,(H,28,31)(H,26,27,32)/t15-,16+,17-,19-/m0/s1. The quantitative estimate of drug-likeness (QED) is 0.229. The van der Waals surface area contributed by atoms with Crippen LogP contribution in [-0.2, 0) is 14.4 Å². The molecule has 0 aliphatic carbocycles. The lowest BCUT2D eigenvalue weighted by Gasteiger charge is -2.33. The predicted molar refractivity (Wildman–Crippen MR) is 116 cm³/mol. The van der Waals surface area contributed by atoms with Crippen LogP contribution >= 0.6 is 0 Å². The van der Waals surface area contributed by atoms with Crippen LogP contribution in [0.15, 0.2) is 24.4 Å². The zero-order valence-electron chi connectivity index (χ0n) is 19.3. The number of halogens is 3. The lowest BCUT2D eigenvalue weighted by atomic mass is 9.86. The van der Waals surface area contributed by atoms with E-state index in [1.54, 1.807) is 39.0 Å². The molecule has 0 unspecified atom stereocenters. The first-order chi connectivity index (χ1) is 15.4. The summed E-state index contributed by atoms with van der Waals surface area (Å²) >= 11 is 0. The minimum Gasteiger partial charge on any atom is -0.344 e. The summed E-state index contributed by atoms with van der Waals surface area (Å²) in [6, 6.07) is 2.54. The van der Waals surface area contributed by atoms with Crippen molar-refractivity contribution in [1.29, 1.82) is 0 Å². The lowest BCUT2D eigenvalue weighted by molar-refractivity contribution is -0.178. The van der Waals surface area contributed by atoms with Crippen LogP contribution in [0.2, 0.25) is 0 Å². The van der Waals surface area contributed by atoms with Crippen LogP contribution in [0.3, 0.4) is 0 Å². The van der Waals surface area contributed by atoms with Gasteiger partial charge in [0.15, 0.2) is 0 Å². The summed E-state index contributed by atoms with van der Waals surface area (Å²) in [4.78, 5) is 41.3. The van der Waals surface area contributed by atoms with Gasteiger partial charge in [-0.15, -0.1) is 0 Å². The normalized spacial score (nSPS) is 15.3. The van der Waals surface area contributed by atoms with E-state index in [1.807, 2.05) is 6.92 Å². The zero-order valence-corrected chi connectivity index (χ0v) is 19.3. The summed E-state index contributed by atoms with van der Waals surface area (Å²) < 4.78 is 38.5. The maximum atomic E-state index is 13.2. The number of alkyl halides is 3. The number of anilines is 1. The highest BCUT2D eigenvalue weighted by Crippen LogP contribution is 2.29. The van der Waals surface area contributed by atoms with E-state index in [-0.39, 0.29) is 35.5 Å². The first-order valence-corrected chi connectivity index (χ1v) is 10.9. The summed E-state index contributed by atoms with van der Waals surface area (Å²) in [6.07, 6.45) is -4.34. The van der Waals surface area contributed by atoms with Gasteiger partial charge in [0.25, 0.3) is 0 Å². The first kappa shape index (κ1) is 28.3. The maximum absolute atomic E-state index is 13.2. The molecule has 0 bridgehead atoms. The summed E-state index contributed by atoms with van der Waals surface area (Å²) in [5.41, 5.74) is 0. The van der Waals surface area contributed by atoms with Crippen LogP contribution in [-0.4, -0.2) is 51.7 Å². The van der Waals surface area contributed by atoms with Crippen molar-refractivity contribution >= 4 is 24.0 Å². The van der Waals surface area contributed by atoms with Gasteiger partial charge in [0.1, 0.15) is 11.9 Å². The van der Waals surface area contributed by atoms with Crippen LogP contribution in [0.5, 0.6) is 0 Å². The molecule has 0 fully saturated rings. The number of hydroxylamine groups is 2. The predicted octanol–water partition coefficient (Wildman–Crippen LogP) is 3.77. The van der Waals surface area contributed by atoms with Crippen molar-refractivity contribution in [3.63, 3.8) is 0 Å². The van der Waals surface area contributed by atoms with Gasteiger partial charge in [0.2, 0.25) is 18.2 Å². The third kappa shape index (κ3) is 9.77. The van der Waals surface area contributed by atoms with Crippen LogP contribution in [0.1, 0.15) is 53.4 Å². The Hall–Kier alpha value is -2.69. The largest absolute Gasteiger partial charge is 0.389 e. The van der Waals surface area contributed by atoms with E-state index >= 15 is 0 Å². The van der Waals surface area contributed by atoms with E-state index in [9.17, 15) is 32.8 Å². The highest BCUT2D eigenvalue weighted by atomic mass is 19.4. The van der Waals surface area contributed by atoms with E-state index in [0.717, 1.165) is 0 Å². The SMILES string of the molecule is CC[C@H](C)[C@H](NC(=O)[C@H](CC(C)C)[C@H](CCC(F)(F)F)N(O)C=O)C(=O)Nc1ccccn1. The number of hydrogen-bond acceptors (Lipinski definition) is 5.